The molecule has 120 valence electrons. The Bertz CT molecular complexity index is 623. The van der Waals surface area contributed by atoms with Crippen LogP contribution in [0.1, 0.15) is 46.0 Å². The number of nitrogens with zero attached hydrogens (tertiary/aromatic N) is 3. The highest BCUT2D eigenvalue weighted by atomic mass is 16.5. The van der Waals surface area contributed by atoms with Gasteiger partial charge in [0.15, 0.2) is 11.5 Å². The van der Waals surface area contributed by atoms with Gasteiger partial charge in [-0.15, -0.1) is 10.2 Å². The molecule has 0 aliphatic rings. The van der Waals surface area contributed by atoms with Crippen LogP contribution >= 0.6 is 0 Å². The molecule has 0 aromatic carbocycles. The van der Waals surface area contributed by atoms with Crippen LogP contribution in [0.4, 0.5) is 0 Å². The number of fused-ring (bicyclic) bond motifs is 1. The number of pyridine rings is 1. The molecule has 2 heterocycles. The normalized spacial score (nSPS) is 14.2. The van der Waals surface area contributed by atoms with Gasteiger partial charge in [-0.2, -0.15) is 0 Å². The van der Waals surface area contributed by atoms with Crippen molar-refractivity contribution in [1.29, 1.82) is 0 Å². The molecule has 0 saturated carbocycles. The van der Waals surface area contributed by atoms with E-state index < -0.39 is 6.10 Å². The first-order valence-electron chi connectivity index (χ1n) is 7.70. The molecule has 0 fully saturated rings. The Morgan fingerprint density at radius 2 is 2.05 bits per heavy atom. The summed E-state index contributed by atoms with van der Waals surface area (Å²) in [7, 11) is 0. The summed E-state index contributed by atoms with van der Waals surface area (Å²) in [6.07, 6.45) is 2.36. The van der Waals surface area contributed by atoms with Crippen molar-refractivity contribution in [3.05, 3.63) is 30.2 Å². The largest absolute Gasteiger partial charge is 0.369 e. The molecular formula is C16H24N4O2. The van der Waals surface area contributed by atoms with E-state index >= 15 is 0 Å². The van der Waals surface area contributed by atoms with Crippen molar-refractivity contribution in [2.45, 2.75) is 46.3 Å². The molecule has 0 spiro atoms. The van der Waals surface area contributed by atoms with Crippen molar-refractivity contribution in [2.75, 3.05) is 6.61 Å². The third kappa shape index (κ3) is 4.04. The number of carbonyl (C=O) groups is 1. The van der Waals surface area contributed by atoms with E-state index in [2.05, 4.69) is 29.4 Å². The minimum absolute atomic E-state index is 0.135. The molecule has 6 heteroatoms. The lowest BCUT2D eigenvalue weighted by Crippen LogP contribution is -2.37. The summed E-state index contributed by atoms with van der Waals surface area (Å²) in [6.45, 7) is 8.51. The molecule has 2 rings (SSSR count). The van der Waals surface area contributed by atoms with Crippen molar-refractivity contribution in [1.82, 2.24) is 19.9 Å². The fourth-order valence-corrected chi connectivity index (χ4v) is 2.11. The number of hydrogen-bond acceptors (Lipinski definition) is 4. The predicted molar refractivity (Wildman–Crippen MR) is 84.4 cm³/mol. The van der Waals surface area contributed by atoms with Gasteiger partial charge in [0.1, 0.15) is 6.10 Å². The van der Waals surface area contributed by atoms with Gasteiger partial charge in [-0.25, -0.2) is 0 Å². The van der Waals surface area contributed by atoms with Gasteiger partial charge in [0.2, 0.25) is 5.91 Å². The van der Waals surface area contributed by atoms with Crippen LogP contribution in [0, 0.1) is 5.92 Å². The number of hydrogen-bond donors (Lipinski definition) is 1. The average molecular weight is 304 g/mol. The standard InChI is InChI=1S/C16H24N4O2/c1-11(2)8-10-22-13(4)16(21)17-12(3)15-19-18-14-7-5-6-9-20(14)15/h5-7,9,11-13H,8,10H2,1-4H3,(H,17,21)/t12-,13-/m1/s1. The molecule has 22 heavy (non-hydrogen) atoms. The van der Waals surface area contributed by atoms with E-state index in [1.165, 1.54) is 0 Å². The number of ether oxygens (including phenoxy) is 1. The van der Waals surface area contributed by atoms with Crippen molar-refractivity contribution in [3.63, 3.8) is 0 Å². The molecule has 0 aliphatic carbocycles. The summed E-state index contributed by atoms with van der Waals surface area (Å²) in [5.41, 5.74) is 0.764. The minimum atomic E-state index is -0.472. The van der Waals surface area contributed by atoms with E-state index in [4.69, 9.17) is 4.74 Å². The lowest BCUT2D eigenvalue weighted by Gasteiger charge is -2.17. The molecule has 0 saturated heterocycles. The molecular weight excluding hydrogens is 280 g/mol. The Labute approximate surface area is 130 Å². The summed E-state index contributed by atoms with van der Waals surface area (Å²) in [5.74, 6) is 1.14. The second-order valence-electron chi connectivity index (χ2n) is 5.91. The lowest BCUT2D eigenvalue weighted by atomic mass is 10.1. The van der Waals surface area contributed by atoms with Gasteiger partial charge in [-0.1, -0.05) is 19.9 Å². The maximum atomic E-state index is 12.2. The van der Waals surface area contributed by atoms with Gasteiger partial charge in [-0.3, -0.25) is 9.20 Å². The maximum Gasteiger partial charge on any atom is 0.249 e. The Kier molecular flexibility index (Phi) is 5.49. The van der Waals surface area contributed by atoms with E-state index in [9.17, 15) is 4.79 Å². The highest BCUT2D eigenvalue weighted by Gasteiger charge is 2.19. The van der Waals surface area contributed by atoms with Crippen molar-refractivity contribution >= 4 is 11.6 Å². The second kappa shape index (κ2) is 7.35. The van der Waals surface area contributed by atoms with Gasteiger partial charge in [0.05, 0.1) is 6.04 Å². The fourth-order valence-electron chi connectivity index (χ4n) is 2.11. The van der Waals surface area contributed by atoms with Crippen LogP contribution in [0.3, 0.4) is 0 Å². The monoisotopic (exact) mass is 304 g/mol. The maximum absolute atomic E-state index is 12.2. The molecule has 1 amide bonds. The van der Waals surface area contributed by atoms with Crippen molar-refractivity contribution in [3.8, 4) is 0 Å². The number of aromatic nitrogens is 3. The van der Waals surface area contributed by atoms with E-state index in [1.54, 1.807) is 6.92 Å². The summed E-state index contributed by atoms with van der Waals surface area (Å²) in [6, 6.07) is 5.46. The van der Waals surface area contributed by atoms with E-state index in [0.717, 1.165) is 12.1 Å². The van der Waals surface area contributed by atoms with Crippen LogP contribution in [0.5, 0.6) is 0 Å². The molecule has 0 unspecified atom stereocenters. The summed E-state index contributed by atoms with van der Waals surface area (Å²) in [5, 5.41) is 11.2. The third-order valence-electron chi connectivity index (χ3n) is 3.52. The molecule has 2 atom stereocenters. The lowest BCUT2D eigenvalue weighted by molar-refractivity contribution is -0.132. The first kappa shape index (κ1) is 16.4. The first-order valence-corrected chi connectivity index (χ1v) is 7.70. The minimum Gasteiger partial charge on any atom is -0.369 e. The number of nitrogens with one attached hydrogen (secondary N) is 1. The number of rotatable bonds is 7. The molecule has 6 nitrogen and oxygen atoms in total. The summed E-state index contributed by atoms with van der Waals surface area (Å²) in [4.78, 5) is 12.2. The van der Waals surface area contributed by atoms with Crippen LogP contribution in [0.25, 0.3) is 5.65 Å². The highest BCUT2D eigenvalue weighted by molar-refractivity contribution is 5.80. The average Bonchev–Trinajstić information content (AvgIpc) is 2.90. The van der Waals surface area contributed by atoms with Crippen molar-refractivity contribution in [2.24, 2.45) is 5.92 Å². The van der Waals surface area contributed by atoms with Gasteiger partial charge >= 0.3 is 0 Å². The van der Waals surface area contributed by atoms with Crippen LogP contribution in [-0.4, -0.2) is 33.2 Å². The quantitative estimate of drug-likeness (QED) is 0.852. The van der Waals surface area contributed by atoms with Crippen LogP contribution in [0.15, 0.2) is 24.4 Å². The van der Waals surface area contributed by atoms with Gasteiger partial charge < -0.3 is 10.1 Å². The van der Waals surface area contributed by atoms with Crippen LogP contribution < -0.4 is 5.32 Å². The highest BCUT2D eigenvalue weighted by Crippen LogP contribution is 2.12. The SMILES string of the molecule is CC(C)CCO[C@H](C)C(=O)N[C@H](C)c1nnc2ccccn12. The van der Waals surface area contributed by atoms with Crippen molar-refractivity contribution < 1.29 is 9.53 Å². The molecule has 0 bridgehead atoms. The van der Waals surface area contributed by atoms with E-state index in [-0.39, 0.29) is 11.9 Å². The Balaban J connectivity index is 1.93. The topological polar surface area (TPSA) is 68.5 Å². The molecule has 2 aromatic rings. The molecule has 0 radical (unpaired) electrons. The smallest absolute Gasteiger partial charge is 0.249 e. The first-order chi connectivity index (χ1) is 10.5. The Hall–Kier alpha value is -1.95. The van der Waals surface area contributed by atoms with E-state index in [0.29, 0.717) is 18.3 Å². The summed E-state index contributed by atoms with van der Waals surface area (Å²) < 4.78 is 7.44. The van der Waals surface area contributed by atoms with Crippen LogP contribution in [0.2, 0.25) is 0 Å². The zero-order valence-corrected chi connectivity index (χ0v) is 13.6. The molecule has 1 N–H and O–H groups in total. The number of amides is 1. The predicted octanol–water partition coefficient (Wildman–Crippen LogP) is 2.36. The van der Waals surface area contributed by atoms with Crippen LogP contribution in [-0.2, 0) is 9.53 Å². The fraction of sp³-hybridized carbons (Fsp3) is 0.562. The van der Waals surface area contributed by atoms with Gasteiger partial charge in [0, 0.05) is 12.8 Å². The molecule has 0 aliphatic heterocycles. The molecule has 2 aromatic heterocycles. The van der Waals surface area contributed by atoms with Gasteiger partial charge in [-0.05, 0) is 38.3 Å². The zero-order chi connectivity index (χ0) is 16.1. The second-order valence-corrected chi connectivity index (χ2v) is 5.91. The Morgan fingerprint density at radius 3 is 2.77 bits per heavy atom. The summed E-state index contributed by atoms with van der Waals surface area (Å²) >= 11 is 0. The third-order valence-corrected chi connectivity index (χ3v) is 3.52. The Morgan fingerprint density at radius 1 is 1.27 bits per heavy atom. The zero-order valence-electron chi connectivity index (χ0n) is 13.6. The van der Waals surface area contributed by atoms with E-state index in [1.807, 2.05) is 35.7 Å². The van der Waals surface area contributed by atoms with Gasteiger partial charge in [0.25, 0.3) is 0 Å². The number of carbonyl (C=O) groups excluding carboxylic acids is 1.